The predicted octanol–water partition coefficient (Wildman–Crippen LogP) is 2.16. The van der Waals surface area contributed by atoms with Crippen molar-refractivity contribution in [3.8, 4) is 0 Å². The molecule has 154 valence electrons. The fourth-order valence-electron chi connectivity index (χ4n) is 4.40. The second-order valence-electron chi connectivity index (χ2n) is 8.04. The molecule has 2 aliphatic rings. The molecule has 29 heavy (non-hydrogen) atoms. The highest BCUT2D eigenvalue weighted by Gasteiger charge is 2.25. The number of aryl methyl sites for hydroxylation is 1. The van der Waals surface area contributed by atoms with E-state index < -0.39 is 0 Å². The van der Waals surface area contributed by atoms with Crippen LogP contribution in [0.4, 0.5) is 5.69 Å². The van der Waals surface area contributed by atoms with E-state index in [0.717, 1.165) is 70.4 Å². The summed E-state index contributed by atoms with van der Waals surface area (Å²) in [6, 6.07) is 4.23. The van der Waals surface area contributed by atoms with Crippen molar-refractivity contribution in [1.82, 2.24) is 29.3 Å². The number of hydrogen-bond donors (Lipinski definition) is 0. The minimum absolute atomic E-state index is 0.386. The summed E-state index contributed by atoms with van der Waals surface area (Å²) < 4.78 is 9.41. The maximum Gasteiger partial charge on any atom is 0.156 e. The van der Waals surface area contributed by atoms with Crippen molar-refractivity contribution < 1.29 is 4.74 Å². The molecule has 5 heterocycles. The Kier molecular flexibility index (Phi) is 5.20. The van der Waals surface area contributed by atoms with Crippen LogP contribution < -0.4 is 4.90 Å². The summed E-state index contributed by atoms with van der Waals surface area (Å²) in [4.78, 5) is 9.71. The minimum Gasteiger partial charge on any atom is -0.378 e. The number of anilines is 1. The van der Waals surface area contributed by atoms with E-state index in [9.17, 15) is 0 Å². The molecule has 0 aromatic carbocycles. The highest BCUT2D eigenvalue weighted by atomic mass is 16.5. The average molecular weight is 396 g/mol. The van der Waals surface area contributed by atoms with Gasteiger partial charge in [0.15, 0.2) is 11.5 Å². The van der Waals surface area contributed by atoms with Gasteiger partial charge in [0.1, 0.15) is 0 Å². The maximum absolute atomic E-state index is 5.47. The topological polar surface area (TPSA) is 63.7 Å². The molecular formula is C21H29N7O. The van der Waals surface area contributed by atoms with Gasteiger partial charge in [0.2, 0.25) is 0 Å². The third-order valence-corrected chi connectivity index (χ3v) is 6.00. The third kappa shape index (κ3) is 4.00. The van der Waals surface area contributed by atoms with E-state index in [1.54, 1.807) is 0 Å². The van der Waals surface area contributed by atoms with Crippen molar-refractivity contribution in [3.63, 3.8) is 0 Å². The Balaban J connectivity index is 1.30. The zero-order valence-corrected chi connectivity index (χ0v) is 17.1. The summed E-state index contributed by atoms with van der Waals surface area (Å²) in [5, 5.41) is 9.26. The summed E-state index contributed by atoms with van der Waals surface area (Å²) in [6.07, 6.45) is 8.58. The molecule has 1 atom stereocenters. The molecule has 0 radical (unpaired) electrons. The van der Waals surface area contributed by atoms with Crippen LogP contribution in [0.15, 0.2) is 30.7 Å². The van der Waals surface area contributed by atoms with E-state index in [4.69, 9.17) is 14.8 Å². The molecule has 8 nitrogen and oxygen atoms in total. The van der Waals surface area contributed by atoms with E-state index >= 15 is 0 Å². The van der Waals surface area contributed by atoms with E-state index in [1.165, 1.54) is 17.7 Å². The molecule has 3 aromatic rings. The van der Waals surface area contributed by atoms with Gasteiger partial charge >= 0.3 is 0 Å². The number of morpholine rings is 1. The zero-order valence-electron chi connectivity index (χ0n) is 17.1. The Bertz CT molecular complexity index is 959. The number of nitrogens with zero attached hydrogens (tertiary/aromatic N) is 7. The van der Waals surface area contributed by atoms with Crippen LogP contribution in [0, 0.1) is 0 Å². The number of aromatic nitrogens is 5. The minimum atomic E-state index is 0.386. The molecule has 0 N–H and O–H groups in total. The number of hydrogen-bond acceptors (Lipinski definition) is 6. The molecule has 0 unspecified atom stereocenters. The van der Waals surface area contributed by atoms with Gasteiger partial charge in [0, 0.05) is 50.4 Å². The van der Waals surface area contributed by atoms with Crippen molar-refractivity contribution in [3.05, 3.63) is 42.1 Å². The number of pyridine rings is 1. The predicted molar refractivity (Wildman–Crippen MR) is 111 cm³/mol. The third-order valence-electron chi connectivity index (χ3n) is 6.00. The Hall–Kier alpha value is -2.45. The van der Waals surface area contributed by atoms with Gasteiger partial charge in [-0.1, -0.05) is 0 Å². The van der Waals surface area contributed by atoms with Crippen LogP contribution >= 0.6 is 0 Å². The van der Waals surface area contributed by atoms with Crippen molar-refractivity contribution in [2.45, 2.75) is 38.8 Å². The van der Waals surface area contributed by atoms with Crippen LogP contribution in [0.25, 0.3) is 5.65 Å². The van der Waals surface area contributed by atoms with E-state index in [-0.39, 0.29) is 0 Å². The molecule has 0 bridgehead atoms. The standard InChI is InChI=1S/C21H29N7O/c1-2-27-14-17(12-22-27)13-25-7-3-4-18(15-25)21-23-20-6-5-19(16-28(20)24-21)26-8-10-29-11-9-26/h5-6,12,14,16,18H,2-4,7-11,13,15H2,1H3/t18-/m0/s1. The fraction of sp³-hybridized carbons (Fsp3) is 0.571. The Morgan fingerprint density at radius 2 is 2.03 bits per heavy atom. The molecule has 2 saturated heterocycles. The molecular weight excluding hydrogens is 366 g/mol. The van der Waals surface area contributed by atoms with E-state index in [0.29, 0.717) is 5.92 Å². The lowest BCUT2D eigenvalue weighted by molar-refractivity contribution is 0.122. The Morgan fingerprint density at radius 3 is 2.86 bits per heavy atom. The van der Waals surface area contributed by atoms with Gasteiger partial charge in [-0.25, -0.2) is 9.50 Å². The van der Waals surface area contributed by atoms with Crippen LogP contribution in [0.3, 0.4) is 0 Å². The maximum atomic E-state index is 5.47. The zero-order chi connectivity index (χ0) is 19.6. The van der Waals surface area contributed by atoms with Gasteiger partial charge in [-0.15, -0.1) is 0 Å². The molecule has 0 saturated carbocycles. The Labute approximate surface area is 171 Å². The highest BCUT2D eigenvalue weighted by molar-refractivity contribution is 5.51. The van der Waals surface area contributed by atoms with Crippen molar-refractivity contribution >= 4 is 11.3 Å². The first-order chi connectivity index (χ1) is 14.3. The highest BCUT2D eigenvalue weighted by Crippen LogP contribution is 2.26. The number of likely N-dealkylation sites (tertiary alicyclic amines) is 1. The fourth-order valence-corrected chi connectivity index (χ4v) is 4.40. The van der Waals surface area contributed by atoms with E-state index in [1.807, 2.05) is 15.4 Å². The van der Waals surface area contributed by atoms with Crippen molar-refractivity contribution in [2.24, 2.45) is 0 Å². The molecule has 3 aromatic heterocycles. The summed E-state index contributed by atoms with van der Waals surface area (Å²) in [7, 11) is 0. The second-order valence-corrected chi connectivity index (χ2v) is 8.04. The lowest BCUT2D eigenvalue weighted by Gasteiger charge is -2.30. The summed E-state index contributed by atoms with van der Waals surface area (Å²) in [6.45, 7) is 9.55. The van der Waals surface area contributed by atoms with Crippen LogP contribution in [-0.4, -0.2) is 68.7 Å². The van der Waals surface area contributed by atoms with Crippen LogP contribution in [0.1, 0.15) is 37.1 Å². The molecule has 2 aliphatic heterocycles. The first-order valence-corrected chi connectivity index (χ1v) is 10.7. The first kappa shape index (κ1) is 18.6. The average Bonchev–Trinajstić information content (AvgIpc) is 3.40. The van der Waals surface area contributed by atoms with Crippen molar-refractivity contribution in [2.75, 3.05) is 44.3 Å². The van der Waals surface area contributed by atoms with Crippen molar-refractivity contribution in [1.29, 1.82) is 0 Å². The molecule has 0 amide bonds. The second kappa shape index (κ2) is 8.12. The van der Waals surface area contributed by atoms with Gasteiger partial charge in [-0.2, -0.15) is 10.2 Å². The number of piperidine rings is 1. The summed E-state index contributed by atoms with van der Waals surface area (Å²) in [5.74, 6) is 1.36. The largest absolute Gasteiger partial charge is 0.378 e. The Morgan fingerprint density at radius 1 is 1.14 bits per heavy atom. The van der Waals surface area contributed by atoms with Gasteiger partial charge in [-0.05, 0) is 38.4 Å². The van der Waals surface area contributed by atoms with Crippen LogP contribution in [-0.2, 0) is 17.8 Å². The van der Waals surface area contributed by atoms with Gasteiger partial charge in [-0.3, -0.25) is 9.58 Å². The van der Waals surface area contributed by atoms with Gasteiger partial charge < -0.3 is 9.64 Å². The van der Waals surface area contributed by atoms with Gasteiger partial charge in [0.25, 0.3) is 0 Å². The molecule has 8 heteroatoms. The molecule has 0 aliphatic carbocycles. The molecule has 0 spiro atoms. The van der Waals surface area contributed by atoms with Crippen LogP contribution in [0.2, 0.25) is 0 Å². The normalized spacial score (nSPS) is 21.1. The molecule has 5 rings (SSSR count). The van der Waals surface area contributed by atoms with Gasteiger partial charge in [0.05, 0.1) is 31.3 Å². The lowest BCUT2D eigenvalue weighted by atomic mass is 9.97. The smallest absolute Gasteiger partial charge is 0.156 e. The first-order valence-electron chi connectivity index (χ1n) is 10.7. The number of ether oxygens (including phenoxy) is 1. The molecule has 2 fully saturated rings. The van der Waals surface area contributed by atoms with E-state index in [2.05, 4.69) is 46.3 Å². The summed E-state index contributed by atoms with van der Waals surface area (Å²) in [5.41, 5.74) is 3.40. The number of fused-ring (bicyclic) bond motifs is 1. The summed E-state index contributed by atoms with van der Waals surface area (Å²) >= 11 is 0. The number of rotatable bonds is 5. The monoisotopic (exact) mass is 395 g/mol. The van der Waals surface area contributed by atoms with Crippen LogP contribution in [0.5, 0.6) is 0 Å². The lowest BCUT2D eigenvalue weighted by Crippen LogP contribution is -2.36. The SMILES string of the molecule is CCn1cc(CN2CCC[C@H](c3nc4ccc(N5CCOCC5)cn4n3)C2)cn1. The quantitative estimate of drug-likeness (QED) is 0.660.